The summed E-state index contributed by atoms with van der Waals surface area (Å²) < 4.78 is -0.0412. The summed E-state index contributed by atoms with van der Waals surface area (Å²) in [5, 5.41) is 9.42. The number of carbonyl (C=O) groups is 1. The number of nitrogens with zero attached hydrogens (tertiary/aromatic N) is 2. The summed E-state index contributed by atoms with van der Waals surface area (Å²) >= 11 is 0. The molecule has 0 radical (unpaired) electrons. The molecule has 3 N–H and O–H groups in total. The summed E-state index contributed by atoms with van der Waals surface area (Å²) in [7, 11) is 0. The number of urea groups is 1. The number of carbonyl (C=O) groups excluding carboxylic acids is 1. The Bertz CT molecular complexity index is 392. The Morgan fingerprint density at radius 2 is 2.33 bits per heavy atom. The number of nitrogens with one attached hydrogen (secondary N) is 3. The molecule has 0 spiro atoms. The maximum absolute atomic E-state index is 10.8. The van der Waals surface area contributed by atoms with Crippen LogP contribution < -0.4 is 5.32 Å². The highest BCUT2D eigenvalue weighted by Crippen LogP contribution is 2.15. The van der Waals surface area contributed by atoms with Crippen molar-refractivity contribution >= 4 is 17.7 Å². The third-order valence-corrected chi connectivity index (χ3v) is 1.49. The van der Waals surface area contributed by atoms with Gasteiger partial charge in [0, 0.05) is 4.76 Å². The van der Waals surface area contributed by atoms with E-state index >= 15 is 0 Å². The number of H-pyrrole nitrogens is 1. The Morgan fingerprint density at radius 1 is 1.58 bits per heavy atom. The molecule has 0 atom stereocenters. The van der Waals surface area contributed by atoms with Gasteiger partial charge in [0.15, 0.2) is 5.69 Å². The zero-order valence-corrected chi connectivity index (χ0v) is 5.79. The van der Waals surface area contributed by atoms with E-state index in [4.69, 9.17) is 5.41 Å². The second-order valence-corrected chi connectivity index (χ2v) is 2.20. The van der Waals surface area contributed by atoms with Crippen LogP contribution in [0.15, 0.2) is 6.33 Å². The Morgan fingerprint density at radius 3 is 3.08 bits per heavy atom. The Hall–Kier alpha value is -2.05. The van der Waals surface area contributed by atoms with Crippen LogP contribution in [0, 0.1) is 10.3 Å². The third kappa shape index (κ3) is 0.669. The fourth-order valence-electron chi connectivity index (χ4n) is 0.925. The van der Waals surface area contributed by atoms with E-state index in [2.05, 4.69) is 15.3 Å². The van der Waals surface area contributed by atoms with Gasteiger partial charge in [-0.3, -0.25) is 0 Å². The number of imidazole rings is 1. The summed E-state index contributed by atoms with van der Waals surface area (Å²) in [5.41, 5.74) is 0.226. The van der Waals surface area contributed by atoms with Crippen LogP contribution in [0.4, 0.5) is 10.6 Å². The number of amides is 2. The van der Waals surface area contributed by atoms with Crippen molar-refractivity contribution in [2.24, 2.45) is 0 Å². The highest BCUT2D eigenvalue weighted by atomic mass is 16.3. The first-order valence-electron chi connectivity index (χ1n) is 3.10. The van der Waals surface area contributed by atoms with Gasteiger partial charge < -0.3 is 4.98 Å². The molecule has 12 heavy (non-hydrogen) atoms. The molecule has 1 aromatic heterocycles. The zero-order valence-electron chi connectivity index (χ0n) is 5.79. The number of nitroso groups, excluding NO2 is 1. The molecule has 7 heteroatoms. The molecule has 1 aromatic rings. The first kappa shape index (κ1) is 6.65. The smallest absolute Gasteiger partial charge is 0.336 e. The van der Waals surface area contributed by atoms with Crippen LogP contribution in [-0.2, 0) is 0 Å². The fraction of sp³-hybridized carbons (Fsp3) is 0. The minimum atomic E-state index is -0.889. The van der Waals surface area contributed by atoms with E-state index in [1.807, 2.05) is 0 Å². The second kappa shape index (κ2) is 1.97. The number of amidine groups is 1. The van der Waals surface area contributed by atoms with Gasteiger partial charge >= 0.3 is 11.9 Å². The summed E-state index contributed by atoms with van der Waals surface area (Å²) in [4.78, 5) is 27.9. The minimum absolute atomic E-state index is 0.0412. The van der Waals surface area contributed by atoms with Crippen LogP contribution >= 0.6 is 0 Å². The van der Waals surface area contributed by atoms with Gasteiger partial charge in [-0.15, -0.1) is 0 Å². The van der Waals surface area contributed by atoms with E-state index in [1.54, 1.807) is 0 Å². The molecule has 0 fully saturated rings. The van der Waals surface area contributed by atoms with Crippen molar-refractivity contribution in [1.82, 2.24) is 9.97 Å². The molecule has 0 aliphatic carbocycles. The highest BCUT2D eigenvalue weighted by molar-refractivity contribution is 6.05. The van der Waals surface area contributed by atoms with Crippen molar-refractivity contribution in [2.75, 3.05) is 5.32 Å². The normalized spacial score (nSPS) is 15.8. The predicted molar refractivity (Wildman–Crippen MR) is 38.1 cm³/mol. The second-order valence-electron chi connectivity index (χ2n) is 2.20. The molecule has 0 saturated heterocycles. The summed E-state index contributed by atoms with van der Waals surface area (Å²) in [6, 6.07) is -0.889. The monoisotopic (exact) mass is 166 g/mol. The molecule has 2 amide bonds. The van der Waals surface area contributed by atoms with Crippen molar-refractivity contribution in [1.29, 1.82) is 5.41 Å². The molecule has 60 valence electrons. The molecule has 0 unspecified atom stereocenters. The highest BCUT2D eigenvalue weighted by Gasteiger charge is 2.36. The lowest BCUT2D eigenvalue weighted by molar-refractivity contribution is -0.318. The van der Waals surface area contributed by atoms with E-state index in [0.717, 1.165) is 0 Å². The summed E-state index contributed by atoms with van der Waals surface area (Å²) in [5.74, 6) is -0.205. The molecular formula is C5H4N5O2+. The number of aromatic amines is 1. The van der Waals surface area contributed by atoms with Crippen LogP contribution in [0.1, 0.15) is 5.69 Å². The first-order valence-corrected chi connectivity index (χ1v) is 3.10. The Balaban J connectivity index is 2.60. The van der Waals surface area contributed by atoms with E-state index < -0.39 is 11.9 Å². The number of anilines is 1. The van der Waals surface area contributed by atoms with Gasteiger partial charge in [0.25, 0.3) is 0 Å². The van der Waals surface area contributed by atoms with E-state index in [1.165, 1.54) is 6.33 Å². The lowest BCUT2D eigenvalue weighted by Crippen LogP contribution is -2.35. The molecule has 2 heterocycles. The molecule has 0 saturated carbocycles. The number of hydrogen-bond acceptors (Lipinski definition) is 4. The van der Waals surface area contributed by atoms with E-state index in [-0.39, 0.29) is 16.3 Å². The molecule has 0 aromatic carbocycles. The van der Waals surface area contributed by atoms with Gasteiger partial charge in [0.05, 0.1) is 6.33 Å². The van der Waals surface area contributed by atoms with E-state index in [0.29, 0.717) is 0 Å². The molecule has 1 aliphatic rings. The zero-order chi connectivity index (χ0) is 8.72. The maximum Gasteiger partial charge on any atom is 0.483 e. The number of aromatic nitrogens is 2. The number of fused-ring (bicyclic) bond motifs is 1. The minimum Gasteiger partial charge on any atom is -0.336 e. The van der Waals surface area contributed by atoms with Gasteiger partial charge in [0.2, 0.25) is 5.82 Å². The van der Waals surface area contributed by atoms with Gasteiger partial charge in [-0.05, 0) is 0 Å². The van der Waals surface area contributed by atoms with Gasteiger partial charge in [-0.1, -0.05) is 4.91 Å². The predicted octanol–water partition coefficient (Wildman–Crippen LogP) is 0.0595. The molecule has 0 bridgehead atoms. The van der Waals surface area contributed by atoms with Crippen LogP contribution in [0.25, 0.3) is 0 Å². The van der Waals surface area contributed by atoms with Gasteiger partial charge in [-0.25, -0.2) is 15.1 Å². The average molecular weight is 166 g/mol. The van der Waals surface area contributed by atoms with Crippen molar-refractivity contribution in [3.8, 4) is 0 Å². The lowest BCUT2D eigenvalue weighted by atomic mass is 10.3. The van der Waals surface area contributed by atoms with Crippen LogP contribution in [-0.4, -0.2) is 26.6 Å². The topological polar surface area (TPSA) is 102 Å². The standard InChI is InChI=1S/C5H3N5O2/c6-3-2-4(8-1-7-2)9-5(11)10(3)12/h1H,(H2-,6,7,8,9,11,12)/p+1. The molecule has 7 nitrogen and oxygen atoms in total. The summed E-state index contributed by atoms with van der Waals surface area (Å²) in [6.45, 7) is 0. The Kier molecular flexibility index (Phi) is 1.09. The molecule has 1 aliphatic heterocycles. The molecular weight excluding hydrogens is 162 g/mol. The fourth-order valence-corrected chi connectivity index (χ4v) is 0.925. The quantitative estimate of drug-likeness (QED) is 0.475. The van der Waals surface area contributed by atoms with Crippen molar-refractivity contribution in [3.63, 3.8) is 0 Å². The van der Waals surface area contributed by atoms with Crippen molar-refractivity contribution in [3.05, 3.63) is 16.9 Å². The average Bonchev–Trinajstić information content (AvgIpc) is 2.48. The third-order valence-electron chi connectivity index (χ3n) is 1.49. The van der Waals surface area contributed by atoms with Crippen molar-refractivity contribution in [2.45, 2.75) is 0 Å². The van der Waals surface area contributed by atoms with Gasteiger partial charge in [0.1, 0.15) is 0 Å². The maximum atomic E-state index is 10.8. The largest absolute Gasteiger partial charge is 0.483 e. The number of rotatable bonds is 0. The SMILES string of the molecule is N=C1c2[nH]cnc2NC(=O)[N+]1=O. The van der Waals surface area contributed by atoms with Crippen LogP contribution in [0.3, 0.4) is 0 Å². The van der Waals surface area contributed by atoms with Crippen LogP contribution in [0.5, 0.6) is 0 Å². The number of hydrogen-bond donors (Lipinski definition) is 3. The van der Waals surface area contributed by atoms with Gasteiger partial charge in [-0.2, -0.15) is 5.41 Å². The lowest BCUT2D eigenvalue weighted by Gasteiger charge is -2.03. The van der Waals surface area contributed by atoms with Crippen molar-refractivity contribution < 1.29 is 9.55 Å². The Labute approximate surface area is 65.9 Å². The summed E-state index contributed by atoms with van der Waals surface area (Å²) in [6.07, 6.45) is 1.30. The molecule has 2 rings (SSSR count). The van der Waals surface area contributed by atoms with E-state index in [9.17, 15) is 9.70 Å². The van der Waals surface area contributed by atoms with Crippen LogP contribution in [0.2, 0.25) is 0 Å². The first-order chi connectivity index (χ1) is 5.70.